The highest BCUT2D eigenvalue weighted by atomic mass is 35.5. The first kappa shape index (κ1) is 14.3. The lowest BCUT2D eigenvalue weighted by Crippen LogP contribution is -2.65. The molecule has 1 aromatic heterocycles. The molecular formula is C12H13ClN4O3. The summed E-state index contributed by atoms with van der Waals surface area (Å²) in [5.74, 6) is -1.66. The van der Waals surface area contributed by atoms with Crippen LogP contribution in [-0.2, 0) is 9.59 Å². The second-order valence-electron chi connectivity index (χ2n) is 4.93. The van der Waals surface area contributed by atoms with E-state index in [1.807, 2.05) is 0 Å². The van der Waals surface area contributed by atoms with Gasteiger partial charge in [0.05, 0.1) is 17.4 Å². The number of piperazine rings is 1. The molecule has 7 nitrogen and oxygen atoms in total. The van der Waals surface area contributed by atoms with Crippen LogP contribution in [0.2, 0.25) is 5.15 Å². The van der Waals surface area contributed by atoms with E-state index >= 15 is 0 Å². The molecule has 0 radical (unpaired) electrons. The second-order valence-corrected chi connectivity index (χ2v) is 5.29. The van der Waals surface area contributed by atoms with Gasteiger partial charge in [-0.15, -0.1) is 0 Å². The molecule has 0 aliphatic carbocycles. The number of anilines is 1. The minimum absolute atomic E-state index is 0.0292. The first-order valence-electron chi connectivity index (χ1n) is 5.80. The van der Waals surface area contributed by atoms with Crippen LogP contribution < -0.4 is 11.1 Å². The Morgan fingerprint density at radius 1 is 1.50 bits per heavy atom. The van der Waals surface area contributed by atoms with Crippen molar-refractivity contribution >= 4 is 35.0 Å². The molecule has 1 aliphatic rings. The number of aromatic nitrogens is 1. The Morgan fingerprint density at radius 3 is 2.80 bits per heavy atom. The van der Waals surface area contributed by atoms with Crippen molar-refractivity contribution in [2.75, 3.05) is 12.3 Å². The smallest absolute Gasteiger partial charge is 0.258 e. The van der Waals surface area contributed by atoms with E-state index in [0.717, 1.165) is 4.90 Å². The fourth-order valence-corrected chi connectivity index (χ4v) is 2.05. The van der Waals surface area contributed by atoms with E-state index in [1.54, 1.807) is 13.8 Å². The number of hydrogen-bond donors (Lipinski definition) is 2. The van der Waals surface area contributed by atoms with Crippen LogP contribution in [0.5, 0.6) is 0 Å². The predicted octanol–water partition coefficient (Wildman–Crippen LogP) is 0.194. The van der Waals surface area contributed by atoms with Crippen LogP contribution in [0.15, 0.2) is 12.3 Å². The minimum atomic E-state index is -1.17. The summed E-state index contributed by atoms with van der Waals surface area (Å²) in [7, 11) is 0. The Balaban J connectivity index is 2.43. The minimum Gasteiger partial charge on any atom is -0.397 e. The molecule has 106 valence electrons. The van der Waals surface area contributed by atoms with Crippen molar-refractivity contribution in [1.29, 1.82) is 0 Å². The molecule has 2 heterocycles. The van der Waals surface area contributed by atoms with Crippen LogP contribution in [0, 0.1) is 0 Å². The van der Waals surface area contributed by atoms with Gasteiger partial charge in [-0.2, -0.15) is 0 Å². The monoisotopic (exact) mass is 296 g/mol. The fourth-order valence-electron chi connectivity index (χ4n) is 1.87. The number of imide groups is 1. The third kappa shape index (κ3) is 2.32. The molecule has 1 fully saturated rings. The van der Waals surface area contributed by atoms with Gasteiger partial charge in [0.2, 0.25) is 5.91 Å². The molecule has 3 N–H and O–H groups in total. The number of carbonyl (C=O) groups is 3. The second kappa shape index (κ2) is 4.75. The summed E-state index contributed by atoms with van der Waals surface area (Å²) < 4.78 is 0. The third-order valence-corrected chi connectivity index (χ3v) is 3.42. The van der Waals surface area contributed by atoms with E-state index < -0.39 is 23.3 Å². The van der Waals surface area contributed by atoms with Crippen molar-refractivity contribution in [1.82, 2.24) is 15.2 Å². The topological polar surface area (TPSA) is 105 Å². The molecule has 1 aromatic rings. The van der Waals surface area contributed by atoms with Crippen LogP contribution in [0.1, 0.15) is 24.2 Å². The molecule has 0 spiro atoms. The van der Waals surface area contributed by atoms with E-state index in [-0.39, 0.29) is 22.9 Å². The van der Waals surface area contributed by atoms with Crippen LogP contribution in [0.4, 0.5) is 5.69 Å². The van der Waals surface area contributed by atoms with Crippen LogP contribution in [-0.4, -0.2) is 39.7 Å². The number of amides is 3. The average molecular weight is 297 g/mol. The maximum absolute atomic E-state index is 12.5. The van der Waals surface area contributed by atoms with Gasteiger partial charge in [0.15, 0.2) is 0 Å². The number of carbonyl (C=O) groups excluding carboxylic acids is 3. The summed E-state index contributed by atoms with van der Waals surface area (Å²) in [6.07, 6.45) is 1.32. The maximum Gasteiger partial charge on any atom is 0.258 e. The third-order valence-electron chi connectivity index (χ3n) is 3.12. The summed E-state index contributed by atoms with van der Waals surface area (Å²) in [6.45, 7) is 2.85. The number of halogens is 1. The molecule has 0 bridgehead atoms. The number of nitrogens with one attached hydrogen (secondary N) is 1. The highest BCUT2D eigenvalue weighted by molar-refractivity contribution is 6.33. The van der Waals surface area contributed by atoms with Gasteiger partial charge < -0.3 is 10.6 Å². The summed E-state index contributed by atoms with van der Waals surface area (Å²) in [4.78, 5) is 40.7. The summed E-state index contributed by atoms with van der Waals surface area (Å²) in [6, 6.07) is 1.37. The molecule has 1 saturated heterocycles. The van der Waals surface area contributed by atoms with Crippen molar-refractivity contribution in [3.05, 3.63) is 23.0 Å². The number of hydrogen-bond acceptors (Lipinski definition) is 5. The van der Waals surface area contributed by atoms with Crippen molar-refractivity contribution in [3.63, 3.8) is 0 Å². The number of nitrogen functional groups attached to an aromatic ring is 1. The number of nitrogens with two attached hydrogens (primary N) is 1. The Hall–Kier alpha value is -2.15. The lowest BCUT2D eigenvalue weighted by molar-refractivity contribution is -0.143. The molecule has 0 aromatic carbocycles. The SMILES string of the molecule is CC1(C)C(=O)NC(=O)CN1C(=O)c1cc(N)cnc1Cl. The zero-order valence-electron chi connectivity index (χ0n) is 10.9. The average Bonchev–Trinajstić information content (AvgIpc) is 2.36. The van der Waals surface area contributed by atoms with E-state index in [0.29, 0.717) is 0 Å². The lowest BCUT2D eigenvalue weighted by Gasteiger charge is -2.40. The molecule has 2 rings (SSSR count). The van der Waals surface area contributed by atoms with Crippen molar-refractivity contribution in [3.8, 4) is 0 Å². The highest BCUT2D eigenvalue weighted by Gasteiger charge is 2.44. The summed E-state index contributed by atoms with van der Waals surface area (Å²) in [5, 5.41) is 2.16. The Bertz CT molecular complexity index is 615. The normalized spacial score (nSPS) is 17.9. The molecule has 0 unspecified atom stereocenters. The van der Waals surface area contributed by atoms with Gasteiger partial charge in [-0.1, -0.05) is 11.6 Å². The quantitative estimate of drug-likeness (QED) is 0.569. The standard InChI is InChI=1S/C12H13ClN4O3/c1-12(2)11(20)16-8(18)5-17(12)10(19)7-3-6(14)4-15-9(7)13/h3-4H,5,14H2,1-2H3,(H,16,18,20). The predicted molar refractivity (Wildman–Crippen MR) is 71.9 cm³/mol. The maximum atomic E-state index is 12.5. The lowest BCUT2D eigenvalue weighted by atomic mass is 9.97. The van der Waals surface area contributed by atoms with Gasteiger partial charge in [-0.25, -0.2) is 4.98 Å². The van der Waals surface area contributed by atoms with Gasteiger partial charge in [0, 0.05) is 0 Å². The van der Waals surface area contributed by atoms with Crippen molar-refractivity contribution in [2.45, 2.75) is 19.4 Å². The van der Waals surface area contributed by atoms with Crippen molar-refractivity contribution in [2.24, 2.45) is 0 Å². The molecule has 20 heavy (non-hydrogen) atoms. The van der Waals surface area contributed by atoms with Crippen LogP contribution in [0.3, 0.4) is 0 Å². The molecule has 0 saturated carbocycles. The van der Waals surface area contributed by atoms with Gasteiger partial charge in [0.25, 0.3) is 11.8 Å². The Labute approximate surface area is 120 Å². The number of pyridine rings is 1. The van der Waals surface area contributed by atoms with Crippen molar-refractivity contribution < 1.29 is 14.4 Å². The molecular weight excluding hydrogens is 284 g/mol. The molecule has 8 heteroatoms. The van der Waals surface area contributed by atoms with Gasteiger partial charge in [0.1, 0.15) is 17.2 Å². The zero-order chi connectivity index (χ0) is 15.1. The Morgan fingerprint density at radius 2 is 2.15 bits per heavy atom. The molecule has 3 amide bonds. The first-order chi connectivity index (χ1) is 9.23. The van der Waals surface area contributed by atoms with Crippen LogP contribution in [0.25, 0.3) is 0 Å². The fraction of sp³-hybridized carbons (Fsp3) is 0.333. The molecule has 1 aliphatic heterocycles. The van der Waals surface area contributed by atoms with Crippen LogP contribution >= 0.6 is 11.6 Å². The number of rotatable bonds is 1. The van der Waals surface area contributed by atoms with Gasteiger partial charge in [-0.05, 0) is 19.9 Å². The molecule has 0 atom stereocenters. The van der Waals surface area contributed by atoms with Gasteiger partial charge in [-0.3, -0.25) is 19.7 Å². The number of nitrogens with zero attached hydrogens (tertiary/aromatic N) is 2. The zero-order valence-corrected chi connectivity index (χ0v) is 11.7. The summed E-state index contributed by atoms with van der Waals surface area (Å²) in [5.41, 5.74) is 4.74. The first-order valence-corrected chi connectivity index (χ1v) is 6.18. The van der Waals surface area contributed by atoms with E-state index in [2.05, 4.69) is 10.3 Å². The largest absolute Gasteiger partial charge is 0.397 e. The summed E-state index contributed by atoms with van der Waals surface area (Å²) >= 11 is 5.88. The van der Waals surface area contributed by atoms with E-state index in [1.165, 1.54) is 12.3 Å². The van der Waals surface area contributed by atoms with E-state index in [9.17, 15) is 14.4 Å². The van der Waals surface area contributed by atoms with Gasteiger partial charge >= 0.3 is 0 Å². The van der Waals surface area contributed by atoms with E-state index in [4.69, 9.17) is 17.3 Å². The Kier molecular flexibility index (Phi) is 3.39. The highest BCUT2D eigenvalue weighted by Crippen LogP contribution is 2.24.